The largest absolute Gasteiger partial charge is 0.333 e. The molecule has 0 spiro atoms. The highest BCUT2D eigenvalue weighted by Gasteiger charge is 2.30. The van der Waals surface area contributed by atoms with Crippen molar-refractivity contribution in [2.45, 2.75) is 38.1 Å². The molecule has 0 saturated carbocycles. The van der Waals surface area contributed by atoms with Gasteiger partial charge in [0.1, 0.15) is 0 Å². The zero-order valence-electron chi connectivity index (χ0n) is 14.1. The summed E-state index contributed by atoms with van der Waals surface area (Å²) in [5, 5.41) is 3.35. The highest BCUT2D eigenvalue weighted by molar-refractivity contribution is 5.85. The molecule has 3 rings (SSSR count). The maximum Gasteiger partial charge on any atom is 0.242 e. The number of carbonyl (C=O) groups is 2. The van der Waals surface area contributed by atoms with Crippen LogP contribution in [0.4, 0.5) is 0 Å². The number of aromatic nitrogens is 1. The number of carbonyl (C=O) groups excluding carboxylic acids is 2. The van der Waals surface area contributed by atoms with E-state index in [2.05, 4.69) is 10.3 Å². The SMILES string of the molecule is O=C1CCCCCCN1CC(=O)N1CCNCC1c1cccnc1. The van der Waals surface area contributed by atoms with E-state index in [4.69, 9.17) is 0 Å². The van der Waals surface area contributed by atoms with Crippen molar-refractivity contribution in [3.8, 4) is 0 Å². The van der Waals surface area contributed by atoms with Crippen LogP contribution in [0.15, 0.2) is 24.5 Å². The Balaban J connectivity index is 1.68. The van der Waals surface area contributed by atoms with Gasteiger partial charge in [0.15, 0.2) is 0 Å². The lowest BCUT2D eigenvalue weighted by atomic mass is 10.0. The smallest absolute Gasteiger partial charge is 0.242 e. The van der Waals surface area contributed by atoms with Crippen molar-refractivity contribution in [2.24, 2.45) is 0 Å². The Morgan fingerprint density at radius 3 is 2.96 bits per heavy atom. The minimum atomic E-state index is -0.00944. The van der Waals surface area contributed by atoms with Crippen LogP contribution < -0.4 is 5.32 Å². The molecule has 2 amide bonds. The third-order valence-corrected chi connectivity index (χ3v) is 4.88. The number of likely N-dealkylation sites (tertiary alicyclic amines) is 1. The van der Waals surface area contributed by atoms with Gasteiger partial charge in [-0.25, -0.2) is 0 Å². The van der Waals surface area contributed by atoms with Crippen molar-refractivity contribution in [1.29, 1.82) is 0 Å². The highest BCUT2D eigenvalue weighted by Crippen LogP contribution is 2.22. The van der Waals surface area contributed by atoms with Crippen LogP contribution in [0.25, 0.3) is 0 Å². The molecule has 24 heavy (non-hydrogen) atoms. The van der Waals surface area contributed by atoms with Gasteiger partial charge in [-0.2, -0.15) is 0 Å². The molecule has 6 heteroatoms. The van der Waals surface area contributed by atoms with Crippen LogP contribution in [0.5, 0.6) is 0 Å². The van der Waals surface area contributed by atoms with E-state index in [0.717, 1.165) is 44.3 Å². The Hall–Kier alpha value is -1.95. The lowest BCUT2D eigenvalue weighted by molar-refractivity contribution is -0.143. The Labute approximate surface area is 143 Å². The summed E-state index contributed by atoms with van der Waals surface area (Å²) in [6.07, 6.45) is 8.32. The second-order valence-electron chi connectivity index (χ2n) is 6.57. The third-order valence-electron chi connectivity index (χ3n) is 4.88. The van der Waals surface area contributed by atoms with E-state index >= 15 is 0 Å². The Bertz CT molecular complexity index is 563. The van der Waals surface area contributed by atoms with Crippen LogP contribution in [0.1, 0.15) is 43.7 Å². The van der Waals surface area contributed by atoms with E-state index in [1.54, 1.807) is 11.1 Å². The van der Waals surface area contributed by atoms with Gasteiger partial charge in [0.05, 0.1) is 12.6 Å². The molecule has 1 unspecified atom stereocenters. The normalized spacial score (nSPS) is 22.8. The molecule has 2 aliphatic heterocycles. The Kier molecular flexibility index (Phi) is 5.80. The molecule has 2 fully saturated rings. The molecule has 0 radical (unpaired) electrons. The standard InChI is InChI=1S/C18H26N4O2/c23-17-7-3-1-2-4-10-21(17)14-18(24)22-11-9-20-13-16(22)15-6-5-8-19-12-15/h5-6,8,12,16,20H,1-4,7,9-11,13-14H2. The summed E-state index contributed by atoms with van der Waals surface area (Å²) in [5.41, 5.74) is 1.04. The van der Waals surface area contributed by atoms with Crippen LogP contribution in [-0.4, -0.2) is 59.3 Å². The number of pyridine rings is 1. The lowest BCUT2D eigenvalue weighted by Crippen LogP contribution is -2.52. The summed E-state index contributed by atoms with van der Waals surface area (Å²) >= 11 is 0. The number of hydrogen-bond donors (Lipinski definition) is 1. The topological polar surface area (TPSA) is 65.5 Å². The van der Waals surface area contributed by atoms with Gasteiger partial charge in [-0.1, -0.05) is 18.9 Å². The van der Waals surface area contributed by atoms with Gasteiger partial charge in [0, 0.05) is 45.0 Å². The summed E-state index contributed by atoms with van der Waals surface area (Å²) in [6.45, 7) is 3.09. The number of rotatable bonds is 3. The fourth-order valence-electron chi connectivity index (χ4n) is 3.51. The Morgan fingerprint density at radius 1 is 1.25 bits per heavy atom. The zero-order chi connectivity index (χ0) is 16.8. The zero-order valence-corrected chi connectivity index (χ0v) is 14.1. The van der Waals surface area contributed by atoms with Crippen LogP contribution in [0.2, 0.25) is 0 Å². The van der Waals surface area contributed by atoms with Crippen LogP contribution >= 0.6 is 0 Å². The number of piperazine rings is 1. The van der Waals surface area contributed by atoms with Gasteiger partial charge in [-0.05, 0) is 24.5 Å². The molecule has 1 N–H and O–H groups in total. The van der Waals surface area contributed by atoms with E-state index in [1.165, 1.54) is 0 Å². The number of nitrogens with zero attached hydrogens (tertiary/aromatic N) is 3. The molecule has 1 aromatic rings. The van der Waals surface area contributed by atoms with E-state index in [9.17, 15) is 9.59 Å². The second kappa shape index (κ2) is 8.24. The van der Waals surface area contributed by atoms with Crippen molar-refractivity contribution in [3.05, 3.63) is 30.1 Å². The first-order valence-corrected chi connectivity index (χ1v) is 8.93. The van der Waals surface area contributed by atoms with Gasteiger partial charge in [-0.15, -0.1) is 0 Å². The number of hydrogen-bond acceptors (Lipinski definition) is 4. The predicted molar refractivity (Wildman–Crippen MR) is 91.2 cm³/mol. The molecule has 2 saturated heterocycles. The molecule has 0 bridgehead atoms. The van der Waals surface area contributed by atoms with Gasteiger partial charge in [-0.3, -0.25) is 14.6 Å². The van der Waals surface area contributed by atoms with Crippen molar-refractivity contribution in [3.63, 3.8) is 0 Å². The fourth-order valence-corrected chi connectivity index (χ4v) is 3.51. The van der Waals surface area contributed by atoms with Gasteiger partial charge in [0.2, 0.25) is 11.8 Å². The molecule has 0 aliphatic carbocycles. The quantitative estimate of drug-likeness (QED) is 0.908. The molecule has 1 aromatic heterocycles. The first-order valence-electron chi connectivity index (χ1n) is 8.93. The Morgan fingerprint density at radius 2 is 2.12 bits per heavy atom. The molecule has 2 aliphatic rings. The molecule has 130 valence electrons. The third kappa shape index (κ3) is 4.12. The van der Waals surface area contributed by atoms with Crippen molar-refractivity contribution in [1.82, 2.24) is 20.1 Å². The van der Waals surface area contributed by atoms with Crippen molar-refractivity contribution >= 4 is 11.8 Å². The molecule has 0 aromatic carbocycles. The maximum absolute atomic E-state index is 12.9. The van der Waals surface area contributed by atoms with E-state index < -0.39 is 0 Å². The average Bonchev–Trinajstić information content (AvgIpc) is 2.62. The van der Waals surface area contributed by atoms with Crippen molar-refractivity contribution < 1.29 is 9.59 Å². The van der Waals surface area contributed by atoms with Gasteiger partial charge >= 0.3 is 0 Å². The summed E-state index contributed by atoms with van der Waals surface area (Å²) in [4.78, 5) is 33.0. The monoisotopic (exact) mass is 330 g/mol. The van der Waals surface area contributed by atoms with E-state index in [0.29, 0.717) is 19.5 Å². The molecule has 3 heterocycles. The van der Waals surface area contributed by atoms with Crippen LogP contribution in [0, 0.1) is 0 Å². The summed E-state index contributed by atoms with van der Waals surface area (Å²) in [7, 11) is 0. The van der Waals surface area contributed by atoms with Gasteiger partial charge in [0.25, 0.3) is 0 Å². The summed E-state index contributed by atoms with van der Waals surface area (Å²) in [5.74, 6) is 0.162. The summed E-state index contributed by atoms with van der Waals surface area (Å²) in [6, 6.07) is 3.89. The maximum atomic E-state index is 12.9. The first-order chi connectivity index (χ1) is 11.8. The molecular formula is C18H26N4O2. The summed E-state index contributed by atoms with van der Waals surface area (Å²) < 4.78 is 0. The molecule has 6 nitrogen and oxygen atoms in total. The second-order valence-corrected chi connectivity index (χ2v) is 6.57. The van der Waals surface area contributed by atoms with E-state index in [1.807, 2.05) is 23.2 Å². The molecule has 1 atom stereocenters. The van der Waals surface area contributed by atoms with Gasteiger partial charge < -0.3 is 15.1 Å². The molecular weight excluding hydrogens is 304 g/mol. The highest BCUT2D eigenvalue weighted by atomic mass is 16.2. The predicted octanol–water partition coefficient (Wildman–Crippen LogP) is 1.35. The number of nitrogens with one attached hydrogen (secondary N) is 1. The lowest BCUT2D eigenvalue weighted by Gasteiger charge is -2.37. The first kappa shape index (κ1) is 16.9. The minimum Gasteiger partial charge on any atom is -0.333 e. The number of amides is 2. The van der Waals surface area contributed by atoms with E-state index in [-0.39, 0.29) is 24.4 Å². The minimum absolute atomic E-state index is 0.00944. The fraction of sp³-hybridized carbons (Fsp3) is 0.611. The van der Waals surface area contributed by atoms with Crippen molar-refractivity contribution in [2.75, 3.05) is 32.7 Å². The van der Waals surface area contributed by atoms with Crippen LogP contribution in [0.3, 0.4) is 0 Å². The van der Waals surface area contributed by atoms with Crippen LogP contribution in [-0.2, 0) is 9.59 Å². The average molecular weight is 330 g/mol.